The number of nitrogens with zero attached hydrogens (tertiary/aromatic N) is 1. The smallest absolute Gasteiger partial charge is 0.214 e. The molecule has 104 valence electrons. The zero-order chi connectivity index (χ0) is 13.7. The first-order valence-electron chi connectivity index (χ1n) is 6.44. The molecule has 0 bridgehead atoms. The van der Waals surface area contributed by atoms with Crippen LogP contribution in [0.4, 0.5) is 0 Å². The van der Waals surface area contributed by atoms with Gasteiger partial charge in [-0.1, -0.05) is 27.7 Å². The molecule has 0 aliphatic carbocycles. The normalized spacial score (nSPS) is 16.5. The second kappa shape index (κ2) is 6.71. The van der Waals surface area contributed by atoms with Crippen molar-refractivity contribution >= 4 is 10.0 Å². The van der Waals surface area contributed by atoms with Crippen molar-refractivity contribution in [2.75, 3.05) is 18.8 Å². The lowest BCUT2D eigenvalue weighted by molar-refractivity contribution is 0.205. The van der Waals surface area contributed by atoms with Crippen LogP contribution in [0.5, 0.6) is 0 Å². The second-order valence-electron chi connectivity index (χ2n) is 5.30. The summed E-state index contributed by atoms with van der Waals surface area (Å²) in [6, 6.07) is 0. The summed E-state index contributed by atoms with van der Waals surface area (Å²) in [5, 5.41) is 0. The molecule has 0 fully saturated rings. The molecule has 0 spiro atoms. The van der Waals surface area contributed by atoms with E-state index in [-0.39, 0.29) is 11.7 Å². The van der Waals surface area contributed by atoms with E-state index >= 15 is 0 Å². The van der Waals surface area contributed by atoms with Crippen LogP contribution in [0.3, 0.4) is 0 Å². The lowest BCUT2D eigenvalue weighted by Gasteiger charge is -2.39. The number of sulfonamides is 1. The summed E-state index contributed by atoms with van der Waals surface area (Å²) >= 11 is 0. The highest BCUT2D eigenvalue weighted by atomic mass is 32.2. The van der Waals surface area contributed by atoms with E-state index < -0.39 is 15.6 Å². The highest BCUT2D eigenvalue weighted by Crippen LogP contribution is 2.23. The van der Waals surface area contributed by atoms with Crippen molar-refractivity contribution < 1.29 is 8.42 Å². The number of rotatable bonds is 8. The summed E-state index contributed by atoms with van der Waals surface area (Å²) in [6.07, 6.45) is 1.55. The summed E-state index contributed by atoms with van der Waals surface area (Å²) in [5.74, 6) is 0.334. The molecule has 2 N–H and O–H groups in total. The van der Waals surface area contributed by atoms with Gasteiger partial charge in [0.2, 0.25) is 10.0 Å². The molecule has 1 unspecified atom stereocenters. The van der Waals surface area contributed by atoms with E-state index in [1.807, 2.05) is 34.6 Å². The predicted octanol–water partition coefficient (Wildman–Crippen LogP) is 1.81. The van der Waals surface area contributed by atoms with Crippen LogP contribution in [0.25, 0.3) is 0 Å². The molecular formula is C12H28N2O2S. The van der Waals surface area contributed by atoms with E-state index in [9.17, 15) is 8.42 Å². The van der Waals surface area contributed by atoms with Gasteiger partial charge in [-0.05, 0) is 25.7 Å². The molecule has 0 rings (SSSR count). The van der Waals surface area contributed by atoms with Crippen molar-refractivity contribution in [2.45, 2.75) is 53.0 Å². The van der Waals surface area contributed by atoms with Crippen LogP contribution in [0, 0.1) is 5.92 Å². The highest BCUT2D eigenvalue weighted by Gasteiger charge is 2.36. The summed E-state index contributed by atoms with van der Waals surface area (Å²) in [7, 11) is -3.21. The number of hydrogen-bond donors (Lipinski definition) is 1. The minimum absolute atomic E-state index is 0.137. The van der Waals surface area contributed by atoms with Crippen LogP contribution < -0.4 is 5.73 Å². The quantitative estimate of drug-likeness (QED) is 0.727. The highest BCUT2D eigenvalue weighted by molar-refractivity contribution is 7.89. The van der Waals surface area contributed by atoms with Crippen molar-refractivity contribution in [3.8, 4) is 0 Å². The van der Waals surface area contributed by atoms with E-state index in [4.69, 9.17) is 5.73 Å². The Bertz CT molecular complexity index is 308. The van der Waals surface area contributed by atoms with Crippen LogP contribution in [-0.4, -0.2) is 37.1 Å². The molecule has 0 saturated carbocycles. The maximum atomic E-state index is 12.4. The fraction of sp³-hybridized carbons (Fsp3) is 1.00. The fourth-order valence-corrected chi connectivity index (χ4v) is 4.24. The third kappa shape index (κ3) is 4.56. The summed E-state index contributed by atoms with van der Waals surface area (Å²) in [5.41, 5.74) is 5.32. The molecule has 0 saturated heterocycles. The predicted molar refractivity (Wildman–Crippen MR) is 73.4 cm³/mol. The van der Waals surface area contributed by atoms with Crippen LogP contribution in [0.15, 0.2) is 0 Å². The molecule has 0 aromatic rings. The van der Waals surface area contributed by atoms with Crippen molar-refractivity contribution in [2.24, 2.45) is 11.7 Å². The minimum atomic E-state index is -3.21. The molecule has 0 aliphatic rings. The van der Waals surface area contributed by atoms with E-state index in [1.165, 1.54) is 0 Å². The Labute approximate surface area is 107 Å². The average Bonchev–Trinajstić information content (AvgIpc) is 2.23. The van der Waals surface area contributed by atoms with E-state index in [2.05, 4.69) is 0 Å². The lowest BCUT2D eigenvalue weighted by Crippen LogP contribution is -2.55. The molecule has 4 nitrogen and oxygen atoms in total. The first kappa shape index (κ1) is 16.9. The molecule has 0 aromatic heterocycles. The topological polar surface area (TPSA) is 63.4 Å². The van der Waals surface area contributed by atoms with Gasteiger partial charge in [0.1, 0.15) is 0 Å². The zero-order valence-electron chi connectivity index (χ0n) is 11.9. The van der Waals surface area contributed by atoms with Crippen LogP contribution in [0.1, 0.15) is 47.5 Å². The van der Waals surface area contributed by atoms with E-state index in [1.54, 1.807) is 4.31 Å². The van der Waals surface area contributed by atoms with Gasteiger partial charge in [-0.3, -0.25) is 0 Å². The number of hydrogen-bond acceptors (Lipinski definition) is 3. The Morgan fingerprint density at radius 1 is 1.29 bits per heavy atom. The third-order valence-corrected chi connectivity index (χ3v) is 5.49. The Kier molecular flexibility index (Phi) is 6.66. The van der Waals surface area contributed by atoms with Gasteiger partial charge in [0.05, 0.1) is 5.75 Å². The van der Waals surface area contributed by atoms with Crippen molar-refractivity contribution in [1.29, 1.82) is 0 Å². The largest absolute Gasteiger partial charge is 0.329 e. The SMILES string of the molecule is CCCN(C(C)(CC)CN)S(=O)(=O)CC(C)C. The van der Waals surface area contributed by atoms with Crippen molar-refractivity contribution in [1.82, 2.24) is 4.31 Å². The van der Waals surface area contributed by atoms with E-state index in [0.29, 0.717) is 13.1 Å². The van der Waals surface area contributed by atoms with Gasteiger partial charge in [0.15, 0.2) is 0 Å². The maximum absolute atomic E-state index is 12.4. The second-order valence-corrected chi connectivity index (χ2v) is 7.24. The molecule has 0 aliphatic heterocycles. The van der Waals surface area contributed by atoms with Gasteiger partial charge in [0, 0.05) is 18.6 Å². The molecule has 5 heteroatoms. The fourth-order valence-electron chi connectivity index (χ4n) is 1.88. The monoisotopic (exact) mass is 264 g/mol. The molecule has 0 heterocycles. The van der Waals surface area contributed by atoms with Gasteiger partial charge in [0.25, 0.3) is 0 Å². The van der Waals surface area contributed by atoms with Crippen LogP contribution in [0.2, 0.25) is 0 Å². The summed E-state index contributed by atoms with van der Waals surface area (Å²) < 4.78 is 26.3. The molecule has 0 amide bonds. The van der Waals surface area contributed by atoms with Crippen LogP contribution >= 0.6 is 0 Å². The molecule has 0 radical (unpaired) electrons. The molecule has 17 heavy (non-hydrogen) atoms. The van der Waals surface area contributed by atoms with Gasteiger partial charge in [-0.2, -0.15) is 4.31 Å². The number of nitrogens with two attached hydrogens (primary N) is 1. The van der Waals surface area contributed by atoms with Crippen molar-refractivity contribution in [3.05, 3.63) is 0 Å². The Hall–Kier alpha value is -0.130. The van der Waals surface area contributed by atoms with Gasteiger partial charge in [-0.15, -0.1) is 0 Å². The van der Waals surface area contributed by atoms with Gasteiger partial charge >= 0.3 is 0 Å². The summed E-state index contributed by atoms with van der Waals surface area (Å²) in [4.78, 5) is 0. The first-order chi connectivity index (χ1) is 7.73. The molecule has 0 aromatic carbocycles. The third-order valence-electron chi connectivity index (χ3n) is 3.11. The Balaban J connectivity index is 5.22. The lowest BCUT2D eigenvalue weighted by atomic mass is 9.99. The Morgan fingerprint density at radius 3 is 2.12 bits per heavy atom. The first-order valence-corrected chi connectivity index (χ1v) is 8.05. The molecular weight excluding hydrogens is 236 g/mol. The molecule has 1 atom stereocenters. The van der Waals surface area contributed by atoms with E-state index in [0.717, 1.165) is 12.8 Å². The average molecular weight is 264 g/mol. The van der Waals surface area contributed by atoms with Gasteiger partial charge in [-0.25, -0.2) is 8.42 Å². The standard InChI is InChI=1S/C12H28N2O2S/c1-6-8-14(12(5,7-2)10-13)17(15,16)9-11(3)4/h11H,6-10,13H2,1-5H3. The van der Waals surface area contributed by atoms with Crippen LogP contribution in [-0.2, 0) is 10.0 Å². The minimum Gasteiger partial charge on any atom is -0.329 e. The summed E-state index contributed by atoms with van der Waals surface area (Å²) in [6.45, 7) is 10.7. The van der Waals surface area contributed by atoms with Gasteiger partial charge < -0.3 is 5.73 Å². The Morgan fingerprint density at radius 2 is 1.82 bits per heavy atom. The zero-order valence-corrected chi connectivity index (χ0v) is 12.7. The van der Waals surface area contributed by atoms with Crippen molar-refractivity contribution in [3.63, 3.8) is 0 Å². The maximum Gasteiger partial charge on any atom is 0.214 e.